The molecule has 22 heavy (non-hydrogen) atoms. The van der Waals surface area contributed by atoms with E-state index in [1.807, 2.05) is 13.0 Å². The van der Waals surface area contributed by atoms with Gasteiger partial charge in [-0.3, -0.25) is 4.68 Å². The average Bonchev–Trinajstić information content (AvgIpc) is 2.92. The lowest BCUT2D eigenvalue weighted by atomic mass is 9.98. The van der Waals surface area contributed by atoms with E-state index in [0.717, 1.165) is 0 Å². The molecule has 0 aliphatic heterocycles. The van der Waals surface area contributed by atoms with Gasteiger partial charge in [0.1, 0.15) is 11.4 Å². The lowest BCUT2D eigenvalue weighted by Crippen LogP contribution is -2.36. The van der Waals surface area contributed by atoms with E-state index in [1.54, 1.807) is 43.2 Å². The molecule has 6 heteroatoms. The second-order valence-corrected chi connectivity index (χ2v) is 5.63. The molecule has 0 saturated heterocycles. The minimum absolute atomic E-state index is 0.249. The number of aryl methyl sites for hydroxylation is 1. The summed E-state index contributed by atoms with van der Waals surface area (Å²) in [6.45, 7) is 3.74. The molecule has 0 fully saturated rings. The van der Waals surface area contributed by atoms with Gasteiger partial charge in [0.05, 0.1) is 17.8 Å². The van der Waals surface area contributed by atoms with E-state index in [9.17, 15) is 9.50 Å². The lowest BCUT2D eigenvalue weighted by molar-refractivity contribution is 0.0541. The number of aromatic nitrogens is 2. The first-order chi connectivity index (χ1) is 10.3. The normalized spacial score (nSPS) is 15.1. The fraction of sp³-hybridized carbons (Fsp3) is 0.375. The van der Waals surface area contributed by atoms with Gasteiger partial charge in [-0.25, -0.2) is 4.39 Å². The van der Waals surface area contributed by atoms with Gasteiger partial charge in [0.2, 0.25) is 0 Å². The number of nitrogens with zero attached hydrogens (tertiary/aromatic N) is 3. The van der Waals surface area contributed by atoms with Gasteiger partial charge in [0.25, 0.3) is 0 Å². The second kappa shape index (κ2) is 6.26. The van der Waals surface area contributed by atoms with Crippen LogP contribution in [-0.2, 0) is 12.6 Å². The molecular formula is C16H19FN4O. The van der Waals surface area contributed by atoms with Crippen LogP contribution in [0.3, 0.4) is 0 Å². The molecule has 0 amide bonds. The molecule has 2 unspecified atom stereocenters. The van der Waals surface area contributed by atoms with Crippen molar-refractivity contribution in [2.45, 2.75) is 25.5 Å². The van der Waals surface area contributed by atoms with Crippen molar-refractivity contribution < 1.29 is 9.50 Å². The van der Waals surface area contributed by atoms with Gasteiger partial charge >= 0.3 is 0 Å². The van der Waals surface area contributed by atoms with Gasteiger partial charge in [0, 0.05) is 37.0 Å². The summed E-state index contributed by atoms with van der Waals surface area (Å²) in [5.74, 6) is -0.430. The van der Waals surface area contributed by atoms with Gasteiger partial charge < -0.3 is 10.4 Å². The zero-order chi connectivity index (χ0) is 16.3. The first-order valence-corrected chi connectivity index (χ1v) is 6.98. The Bertz CT molecular complexity index is 702. The molecule has 0 aliphatic rings. The Labute approximate surface area is 129 Å². The molecule has 2 rings (SSSR count). The molecule has 0 spiro atoms. The maximum atomic E-state index is 14.0. The van der Waals surface area contributed by atoms with Crippen molar-refractivity contribution in [3.63, 3.8) is 0 Å². The van der Waals surface area contributed by atoms with Crippen molar-refractivity contribution >= 4 is 0 Å². The van der Waals surface area contributed by atoms with Crippen LogP contribution in [-0.4, -0.2) is 21.4 Å². The number of benzene rings is 1. The van der Waals surface area contributed by atoms with Gasteiger partial charge in [-0.15, -0.1) is 0 Å². The predicted octanol–water partition coefficient (Wildman–Crippen LogP) is 1.99. The van der Waals surface area contributed by atoms with E-state index in [-0.39, 0.29) is 18.2 Å². The number of hydrogen-bond donors (Lipinski definition) is 2. The van der Waals surface area contributed by atoms with Gasteiger partial charge in [0.15, 0.2) is 0 Å². The fourth-order valence-corrected chi connectivity index (χ4v) is 2.21. The van der Waals surface area contributed by atoms with Crippen LogP contribution in [0, 0.1) is 17.1 Å². The van der Waals surface area contributed by atoms with Crippen molar-refractivity contribution in [2.24, 2.45) is 7.05 Å². The standard InChI is InChI=1S/C16H19FN4O/c1-11(14-5-4-12(7-18)6-15(14)17)19-10-16(2,22)13-8-20-21(3)9-13/h4-6,8-9,11,19,22H,10H2,1-3H3. The fourth-order valence-electron chi connectivity index (χ4n) is 2.21. The maximum absolute atomic E-state index is 14.0. The first-order valence-electron chi connectivity index (χ1n) is 6.98. The van der Waals surface area contributed by atoms with Crippen molar-refractivity contribution in [2.75, 3.05) is 6.54 Å². The average molecular weight is 302 g/mol. The zero-order valence-corrected chi connectivity index (χ0v) is 12.8. The highest BCUT2D eigenvalue weighted by Crippen LogP contribution is 2.22. The molecule has 0 saturated carbocycles. The van der Waals surface area contributed by atoms with E-state index in [1.165, 1.54) is 6.07 Å². The number of hydrogen-bond acceptors (Lipinski definition) is 4. The van der Waals surface area contributed by atoms with Crippen molar-refractivity contribution in [3.05, 3.63) is 53.1 Å². The predicted molar refractivity (Wildman–Crippen MR) is 80.3 cm³/mol. The number of rotatable bonds is 5. The van der Waals surface area contributed by atoms with Crippen LogP contribution in [0.25, 0.3) is 0 Å². The highest BCUT2D eigenvalue weighted by molar-refractivity contribution is 5.34. The summed E-state index contributed by atoms with van der Waals surface area (Å²) < 4.78 is 15.6. The van der Waals surface area contributed by atoms with Crippen molar-refractivity contribution in [1.29, 1.82) is 5.26 Å². The number of halogens is 1. The topological polar surface area (TPSA) is 73.9 Å². The maximum Gasteiger partial charge on any atom is 0.129 e. The van der Waals surface area contributed by atoms with Crippen molar-refractivity contribution in [3.8, 4) is 6.07 Å². The summed E-state index contributed by atoms with van der Waals surface area (Å²) in [7, 11) is 1.78. The highest BCUT2D eigenvalue weighted by atomic mass is 19.1. The monoisotopic (exact) mass is 302 g/mol. The van der Waals surface area contributed by atoms with E-state index >= 15 is 0 Å². The SMILES string of the molecule is CC(NCC(C)(O)c1cnn(C)c1)c1ccc(C#N)cc1F. The smallest absolute Gasteiger partial charge is 0.129 e. The third kappa shape index (κ3) is 3.50. The van der Waals surface area contributed by atoms with Gasteiger partial charge in [-0.2, -0.15) is 10.4 Å². The summed E-state index contributed by atoms with van der Waals surface area (Å²) >= 11 is 0. The molecule has 1 aromatic carbocycles. The van der Waals surface area contributed by atoms with Crippen LogP contribution < -0.4 is 5.32 Å². The summed E-state index contributed by atoms with van der Waals surface area (Å²) in [4.78, 5) is 0. The van der Waals surface area contributed by atoms with Crippen LogP contribution in [0.1, 0.15) is 36.6 Å². The zero-order valence-electron chi connectivity index (χ0n) is 12.8. The molecule has 1 heterocycles. The number of nitriles is 1. The Hall–Kier alpha value is -2.23. The minimum Gasteiger partial charge on any atom is -0.384 e. The van der Waals surface area contributed by atoms with E-state index in [4.69, 9.17) is 5.26 Å². The van der Waals surface area contributed by atoms with E-state index in [0.29, 0.717) is 11.1 Å². The molecule has 116 valence electrons. The summed E-state index contributed by atoms with van der Waals surface area (Å²) in [5.41, 5.74) is 0.331. The van der Waals surface area contributed by atoms with Gasteiger partial charge in [-0.1, -0.05) is 6.07 Å². The lowest BCUT2D eigenvalue weighted by Gasteiger charge is -2.25. The van der Waals surface area contributed by atoms with Crippen LogP contribution in [0.4, 0.5) is 4.39 Å². The van der Waals surface area contributed by atoms with Crippen LogP contribution in [0.5, 0.6) is 0 Å². The summed E-state index contributed by atoms with van der Waals surface area (Å²) in [6, 6.07) is 5.99. The third-order valence-electron chi connectivity index (χ3n) is 3.68. The van der Waals surface area contributed by atoms with Crippen LogP contribution >= 0.6 is 0 Å². The molecule has 2 N–H and O–H groups in total. The minimum atomic E-state index is -1.11. The molecule has 5 nitrogen and oxygen atoms in total. The molecule has 0 radical (unpaired) electrons. The Morgan fingerprint density at radius 1 is 1.55 bits per heavy atom. The molecule has 1 aromatic heterocycles. The first kappa shape index (κ1) is 16.1. The Morgan fingerprint density at radius 3 is 2.82 bits per heavy atom. The molecular weight excluding hydrogens is 283 g/mol. The summed E-state index contributed by atoms with van der Waals surface area (Å²) in [6.07, 6.45) is 3.35. The molecule has 2 aromatic rings. The van der Waals surface area contributed by atoms with Gasteiger partial charge in [-0.05, 0) is 26.0 Å². The number of aliphatic hydroxyl groups is 1. The van der Waals surface area contributed by atoms with Crippen molar-refractivity contribution in [1.82, 2.24) is 15.1 Å². The highest BCUT2D eigenvalue weighted by Gasteiger charge is 2.25. The van der Waals surface area contributed by atoms with Crippen LogP contribution in [0.2, 0.25) is 0 Å². The molecule has 0 aliphatic carbocycles. The Morgan fingerprint density at radius 2 is 2.27 bits per heavy atom. The number of nitrogens with one attached hydrogen (secondary N) is 1. The molecule has 2 atom stereocenters. The Kier molecular flexibility index (Phi) is 4.59. The third-order valence-corrected chi connectivity index (χ3v) is 3.68. The molecule has 0 bridgehead atoms. The Balaban J connectivity index is 2.06. The summed E-state index contributed by atoms with van der Waals surface area (Å²) in [5, 5.41) is 26.4. The van der Waals surface area contributed by atoms with E-state index < -0.39 is 11.4 Å². The largest absolute Gasteiger partial charge is 0.384 e. The second-order valence-electron chi connectivity index (χ2n) is 5.63. The van der Waals surface area contributed by atoms with E-state index in [2.05, 4.69) is 10.4 Å². The quantitative estimate of drug-likeness (QED) is 0.886. The van der Waals surface area contributed by atoms with Crippen LogP contribution in [0.15, 0.2) is 30.6 Å².